The molecule has 126 valence electrons. The van der Waals surface area contributed by atoms with Gasteiger partial charge < -0.3 is 4.90 Å². The van der Waals surface area contributed by atoms with E-state index >= 15 is 0 Å². The van der Waals surface area contributed by atoms with Gasteiger partial charge in [0.05, 0.1) is 6.42 Å². The lowest BCUT2D eigenvalue weighted by Crippen LogP contribution is -2.34. The molecular weight excluding hydrogens is 324 g/mol. The lowest BCUT2D eigenvalue weighted by Gasteiger charge is -2.32. The molecule has 0 saturated carbocycles. The molecule has 1 saturated heterocycles. The predicted octanol–water partition coefficient (Wildman–Crippen LogP) is 2.80. The van der Waals surface area contributed by atoms with Gasteiger partial charge in [-0.2, -0.15) is 4.98 Å². The third-order valence-corrected chi connectivity index (χ3v) is 4.91. The molecule has 0 N–H and O–H groups in total. The van der Waals surface area contributed by atoms with Crippen LogP contribution in [0.2, 0.25) is 0 Å². The van der Waals surface area contributed by atoms with Crippen molar-refractivity contribution in [1.29, 1.82) is 0 Å². The number of benzene rings is 1. The van der Waals surface area contributed by atoms with Crippen molar-refractivity contribution in [3.63, 3.8) is 0 Å². The molecule has 5 nitrogen and oxygen atoms in total. The zero-order valence-corrected chi connectivity index (χ0v) is 14.5. The van der Waals surface area contributed by atoms with Crippen molar-refractivity contribution in [2.45, 2.75) is 25.2 Å². The highest BCUT2D eigenvalue weighted by atomic mass is 35.5. The minimum Gasteiger partial charge on any atom is -0.341 e. The third kappa shape index (κ3) is 2.96. The lowest BCUT2D eigenvalue weighted by molar-refractivity contribution is -0.117. The summed E-state index contributed by atoms with van der Waals surface area (Å²) >= 11 is 0. The van der Waals surface area contributed by atoms with Crippen molar-refractivity contribution in [2.24, 2.45) is 0 Å². The molecule has 1 aromatic carbocycles. The summed E-state index contributed by atoms with van der Waals surface area (Å²) in [5.41, 5.74) is 2.35. The summed E-state index contributed by atoms with van der Waals surface area (Å²) in [6.45, 7) is 1.91. The maximum absolute atomic E-state index is 11.8. The lowest BCUT2D eigenvalue weighted by atomic mass is 9.90. The topological polar surface area (TPSA) is 49.3 Å². The highest BCUT2D eigenvalue weighted by Crippen LogP contribution is 2.31. The molecule has 0 bridgehead atoms. The Bertz CT molecular complexity index is 729. The van der Waals surface area contributed by atoms with Gasteiger partial charge in [-0.15, -0.1) is 12.4 Å². The molecule has 4 rings (SSSR count). The van der Waals surface area contributed by atoms with Crippen LogP contribution in [0.3, 0.4) is 0 Å². The second-order valence-corrected chi connectivity index (χ2v) is 6.32. The molecule has 2 aliphatic heterocycles. The van der Waals surface area contributed by atoms with Crippen LogP contribution in [0.4, 0.5) is 11.8 Å². The van der Waals surface area contributed by atoms with E-state index < -0.39 is 0 Å². The molecule has 0 unspecified atom stereocenters. The molecule has 1 aromatic heterocycles. The van der Waals surface area contributed by atoms with Crippen LogP contribution >= 0.6 is 12.4 Å². The number of carbonyl (C=O) groups is 1. The van der Waals surface area contributed by atoms with Crippen LogP contribution in [0.5, 0.6) is 0 Å². The average molecular weight is 345 g/mol. The van der Waals surface area contributed by atoms with Crippen LogP contribution in [-0.2, 0) is 11.2 Å². The highest BCUT2D eigenvalue weighted by Gasteiger charge is 2.28. The van der Waals surface area contributed by atoms with Crippen LogP contribution in [-0.4, -0.2) is 36.0 Å². The Morgan fingerprint density at radius 3 is 2.54 bits per heavy atom. The first kappa shape index (κ1) is 16.7. The third-order valence-electron chi connectivity index (χ3n) is 4.91. The Kier molecular flexibility index (Phi) is 4.71. The van der Waals surface area contributed by atoms with E-state index in [9.17, 15) is 4.79 Å². The Morgan fingerprint density at radius 2 is 1.83 bits per heavy atom. The van der Waals surface area contributed by atoms with Gasteiger partial charge in [-0.1, -0.05) is 30.3 Å². The van der Waals surface area contributed by atoms with Gasteiger partial charge in [0.1, 0.15) is 5.82 Å². The zero-order valence-electron chi connectivity index (χ0n) is 13.7. The summed E-state index contributed by atoms with van der Waals surface area (Å²) in [5, 5.41) is 0. The molecule has 1 amide bonds. The number of rotatable bonds is 2. The largest absolute Gasteiger partial charge is 0.341 e. The number of piperidine rings is 1. The van der Waals surface area contributed by atoms with Crippen LogP contribution in [0.25, 0.3) is 0 Å². The van der Waals surface area contributed by atoms with Crippen molar-refractivity contribution in [1.82, 2.24) is 9.97 Å². The smallest absolute Gasteiger partial charge is 0.232 e. The number of carbonyl (C=O) groups excluding carboxylic acids is 1. The molecule has 2 aliphatic rings. The fourth-order valence-electron chi connectivity index (χ4n) is 3.49. The molecule has 0 atom stereocenters. The normalized spacial score (nSPS) is 17.6. The van der Waals surface area contributed by atoms with Crippen molar-refractivity contribution < 1.29 is 4.79 Å². The number of aromatic nitrogens is 2. The van der Waals surface area contributed by atoms with E-state index in [0.717, 1.165) is 43.3 Å². The van der Waals surface area contributed by atoms with Crippen molar-refractivity contribution in [2.75, 3.05) is 29.9 Å². The van der Waals surface area contributed by atoms with E-state index in [1.165, 1.54) is 5.56 Å². The maximum atomic E-state index is 11.8. The summed E-state index contributed by atoms with van der Waals surface area (Å²) in [6, 6.07) is 10.7. The van der Waals surface area contributed by atoms with Crippen molar-refractivity contribution >= 4 is 30.1 Å². The van der Waals surface area contributed by atoms with Crippen LogP contribution in [0.15, 0.2) is 36.5 Å². The fraction of sp³-hybridized carbons (Fsp3) is 0.389. The van der Waals surface area contributed by atoms with Crippen molar-refractivity contribution in [3.05, 3.63) is 47.7 Å². The number of halogens is 1. The number of anilines is 2. The number of hydrogen-bond donors (Lipinski definition) is 0. The second-order valence-electron chi connectivity index (χ2n) is 6.32. The van der Waals surface area contributed by atoms with Gasteiger partial charge in [0.25, 0.3) is 0 Å². The van der Waals surface area contributed by atoms with Gasteiger partial charge in [-0.3, -0.25) is 9.69 Å². The van der Waals surface area contributed by atoms with Gasteiger partial charge in [0.15, 0.2) is 0 Å². The van der Waals surface area contributed by atoms with Crippen LogP contribution < -0.4 is 9.80 Å². The minimum atomic E-state index is 0. The molecule has 24 heavy (non-hydrogen) atoms. The monoisotopic (exact) mass is 344 g/mol. The minimum absolute atomic E-state index is 0. The number of fused-ring (bicyclic) bond motifs is 1. The standard InChI is InChI=1S/C18H20N4O.ClH/c1-21-16(23)11-15-12-19-18(20-17(15)21)22-9-7-14(8-10-22)13-5-3-2-4-6-13;/h2-6,12,14H,7-11H2,1H3;1H. The first-order valence-corrected chi connectivity index (χ1v) is 8.15. The summed E-state index contributed by atoms with van der Waals surface area (Å²) in [4.78, 5) is 24.7. The Labute approximate surface area is 148 Å². The van der Waals surface area contributed by atoms with Gasteiger partial charge in [0, 0.05) is 31.9 Å². The SMILES string of the molecule is CN1C(=O)Cc2cnc(N3CCC(c4ccccc4)CC3)nc21.Cl. The van der Waals surface area contributed by atoms with E-state index in [1.54, 1.807) is 11.9 Å². The number of amides is 1. The number of nitrogens with zero attached hydrogens (tertiary/aromatic N) is 4. The molecule has 0 spiro atoms. The van der Waals surface area contributed by atoms with Gasteiger partial charge in [0.2, 0.25) is 11.9 Å². The summed E-state index contributed by atoms with van der Waals surface area (Å²) in [6.07, 6.45) is 4.45. The maximum Gasteiger partial charge on any atom is 0.232 e. The fourth-order valence-corrected chi connectivity index (χ4v) is 3.49. The average Bonchev–Trinajstić information content (AvgIpc) is 2.90. The number of hydrogen-bond acceptors (Lipinski definition) is 4. The molecular formula is C18H21ClN4O. The molecule has 6 heteroatoms. The summed E-state index contributed by atoms with van der Waals surface area (Å²) in [5.74, 6) is 2.22. The van der Waals surface area contributed by atoms with E-state index in [4.69, 9.17) is 0 Å². The number of likely N-dealkylation sites (N-methyl/N-ethyl adjacent to an activating group) is 1. The van der Waals surface area contributed by atoms with Gasteiger partial charge >= 0.3 is 0 Å². The van der Waals surface area contributed by atoms with E-state index in [0.29, 0.717) is 12.3 Å². The Balaban J connectivity index is 0.00000169. The summed E-state index contributed by atoms with van der Waals surface area (Å²) < 4.78 is 0. The first-order chi connectivity index (χ1) is 11.2. The van der Waals surface area contributed by atoms with E-state index in [-0.39, 0.29) is 18.3 Å². The molecule has 1 fully saturated rings. The van der Waals surface area contributed by atoms with Crippen LogP contribution in [0.1, 0.15) is 29.9 Å². The Hall–Kier alpha value is -2.14. The first-order valence-electron chi connectivity index (χ1n) is 8.15. The van der Waals surface area contributed by atoms with Crippen molar-refractivity contribution in [3.8, 4) is 0 Å². The van der Waals surface area contributed by atoms with Gasteiger partial charge in [-0.25, -0.2) is 4.98 Å². The molecule has 0 radical (unpaired) electrons. The summed E-state index contributed by atoms with van der Waals surface area (Å²) in [7, 11) is 1.78. The van der Waals surface area contributed by atoms with Gasteiger partial charge in [-0.05, 0) is 24.3 Å². The Morgan fingerprint density at radius 1 is 1.12 bits per heavy atom. The zero-order chi connectivity index (χ0) is 15.8. The van der Waals surface area contributed by atoms with E-state index in [2.05, 4.69) is 45.2 Å². The molecule has 0 aliphatic carbocycles. The molecule has 3 heterocycles. The highest BCUT2D eigenvalue weighted by molar-refractivity contribution is 5.99. The predicted molar refractivity (Wildman–Crippen MR) is 97.0 cm³/mol. The quantitative estimate of drug-likeness (QED) is 0.840. The second kappa shape index (κ2) is 6.77. The molecule has 2 aromatic rings. The van der Waals surface area contributed by atoms with Crippen LogP contribution in [0, 0.1) is 0 Å². The van der Waals surface area contributed by atoms with E-state index in [1.807, 2.05) is 6.20 Å².